The second-order valence-corrected chi connectivity index (χ2v) is 10.7. The lowest BCUT2D eigenvalue weighted by molar-refractivity contribution is -0.134. The molecule has 10 heteroatoms. The highest BCUT2D eigenvalue weighted by molar-refractivity contribution is 7.93. The zero-order valence-corrected chi connectivity index (χ0v) is 18.8. The van der Waals surface area contributed by atoms with Crippen molar-refractivity contribution in [3.05, 3.63) is 52.3 Å². The van der Waals surface area contributed by atoms with Gasteiger partial charge in [0.15, 0.2) is 5.13 Å². The van der Waals surface area contributed by atoms with Crippen LogP contribution in [-0.2, 0) is 26.0 Å². The number of benzene rings is 1. The van der Waals surface area contributed by atoms with Crippen molar-refractivity contribution in [2.45, 2.75) is 18.2 Å². The third-order valence-electron chi connectivity index (χ3n) is 4.66. The van der Waals surface area contributed by atoms with Crippen molar-refractivity contribution in [2.24, 2.45) is 0 Å². The summed E-state index contributed by atoms with van der Waals surface area (Å²) in [5.41, 5.74) is 1.53. The number of thiazole rings is 1. The van der Waals surface area contributed by atoms with Crippen LogP contribution in [0.25, 0.3) is 10.4 Å². The third kappa shape index (κ3) is 4.89. The molecular formula is C20H21N3O4S3. The Labute approximate surface area is 183 Å². The van der Waals surface area contributed by atoms with E-state index in [1.165, 1.54) is 16.2 Å². The maximum Gasteiger partial charge on any atom is 0.263 e. The number of thiophene rings is 1. The summed E-state index contributed by atoms with van der Waals surface area (Å²) in [6, 6.07) is 10.8. The van der Waals surface area contributed by atoms with Gasteiger partial charge >= 0.3 is 0 Å². The van der Waals surface area contributed by atoms with E-state index in [2.05, 4.69) is 9.71 Å². The lowest BCUT2D eigenvalue weighted by atomic mass is 10.2. The molecule has 0 unspecified atom stereocenters. The molecule has 1 aliphatic rings. The molecule has 3 heterocycles. The van der Waals surface area contributed by atoms with Gasteiger partial charge in [-0.05, 0) is 36.8 Å². The molecule has 2 aromatic heterocycles. The van der Waals surface area contributed by atoms with Gasteiger partial charge < -0.3 is 9.64 Å². The summed E-state index contributed by atoms with van der Waals surface area (Å²) in [6.07, 6.45) is 0.146. The maximum absolute atomic E-state index is 12.7. The highest BCUT2D eigenvalue weighted by atomic mass is 32.2. The summed E-state index contributed by atoms with van der Waals surface area (Å²) in [4.78, 5) is 20.8. The number of hydrogen-bond donors (Lipinski definition) is 1. The first-order valence-corrected chi connectivity index (χ1v) is 12.6. The fraction of sp³-hybridized carbons (Fsp3) is 0.300. The first-order chi connectivity index (χ1) is 14.4. The van der Waals surface area contributed by atoms with E-state index >= 15 is 0 Å². The lowest BCUT2D eigenvalue weighted by Crippen LogP contribution is -2.41. The molecule has 4 rings (SSSR count). The van der Waals surface area contributed by atoms with Gasteiger partial charge in [0.2, 0.25) is 5.91 Å². The van der Waals surface area contributed by atoms with Gasteiger partial charge in [-0.3, -0.25) is 9.52 Å². The van der Waals surface area contributed by atoms with Crippen molar-refractivity contribution >= 4 is 43.7 Å². The van der Waals surface area contributed by atoms with Gasteiger partial charge in [-0.2, -0.15) is 0 Å². The molecule has 1 aromatic carbocycles. The van der Waals surface area contributed by atoms with Gasteiger partial charge in [0.05, 0.1) is 30.2 Å². The molecule has 0 atom stereocenters. The summed E-state index contributed by atoms with van der Waals surface area (Å²) >= 11 is 2.83. The van der Waals surface area contributed by atoms with Crippen LogP contribution in [0.5, 0.6) is 0 Å². The molecular weight excluding hydrogens is 442 g/mol. The Kier molecular flexibility index (Phi) is 6.19. The Morgan fingerprint density at radius 2 is 1.90 bits per heavy atom. The molecule has 3 aromatic rings. The van der Waals surface area contributed by atoms with E-state index in [0.717, 1.165) is 10.4 Å². The van der Waals surface area contributed by atoms with E-state index in [4.69, 9.17) is 4.74 Å². The molecule has 0 aliphatic carbocycles. The minimum Gasteiger partial charge on any atom is -0.378 e. The fourth-order valence-electron chi connectivity index (χ4n) is 3.08. The van der Waals surface area contributed by atoms with Gasteiger partial charge in [0.25, 0.3) is 10.0 Å². The number of morpholine rings is 1. The van der Waals surface area contributed by atoms with Crippen LogP contribution in [0.3, 0.4) is 0 Å². The number of hydrogen-bond acceptors (Lipinski definition) is 7. The van der Waals surface area contributed by atoms with E-state index in [9.17, 15) is 13.2 Å². The SMILES string of the molecule is Cc1ccc(-c2ccc(S(=O)(=O)Nc3nc(CC(=O)N4CCOCC4)cs3)cc2)s1. The molecule has 1 amide bonds. The molecule has 0 spiro atoms. The second kappa shape index (κ2) is 8.84. The topological polar surface area (TPSA) is 88.6 Å². The van der Waals surface area contributed by atoms with Crippen LogP contribution >= 0.6 is 22.7 Å². The summed E-state index contributed by atoms with van der Waals surface area (Å²) in [5, 5.41) is 1.95. The molecule has 158 valence electrons. The Morgan fingerprint density at radius 3 is 2.57 bits per heavy atom. The first kappa shape index (κ1) is 21.0. The Morgan fingerprint density at radius 1 is 1.17 bits per heavy atom. The number of rotatable bonds is 6. The number of nitrogens with zero attached hydrogens (tertiary/aromatic N) is 2. The zero-order chi connectivity index (χ0) is 21.1. The summed E-state index contributed by atoms with van der Waals surface area (Å²) in [6.45, 7) is 4.26. The van der Waals surface area contributed by atoms with E-state index in [-0.39, 0.29) is 22.4 Å². The van der Waals surface area contributed by atoms with Gasteiger partial charge in [-0.1, -0.05) is 12.1 Å². The Balaban J connectivity index is 1.41. The standard InChI is InChI=1S/C20H21N3O4S3/c1-14-2-7-18(29-14)15-3-5-17(6-4-15)30(25,26)22-20-21-16(13-28-20)12-19(24)23-8-10-27-11-9-23/h2-7,13H,8-12H2,1H3,(H,21,22). The van der Waals surface area contributed by atoms with Crippen LogP contribution in [-0.4, -0.2) is 50.5 Å². The Hall–Kier alpha value is -2.27. The molecule has 0 saturated carbocycles. The van der Waals surface area contributed by atoms with Crippen molar-refractivity contribution in [3.63, 3.8) is 0 Å². The number of amides is 1. The van der Waals surface area contributed by atoms with E-state index in [0.29, 0.717) is 32.0 Å². The smallest absolute Gasteiger partial charge is 0.263 e. The fourth-order valence-corrected chi connectivity index (χ4v) is 5.91. The minimum absolute atomic E-state index is 0.0302. The molecule has 1 fully saturated rings. The number of aryl methyl sites for hydroxylation is 1. The van der Waals surface area contributed by atoms with Crippen LogP contribution in [0, 0.1) is 6.92 Å². The summed E-state index contributed by atoms with van der Waals surface area (Å²) in [5.74, 6) is -0.0302. The van der Waals surface area contributed by atoms with Gasteiger partial charge in [0, 0.05) is 28.2 Å². The molecule has 1 saturated heterocycles. The van der Waals surface area contributed by atoms with Crippen LogP contribution in [0.15, 0.2) is 46.7 Å². The lowest BCUT2D eigenvalue weighted by Gasteiger charge is -2.26. The number of sulfonamides is 1. The van der Waals surface area contributed by atoms with Crippen molar-refractivity contribution in [1.29, 1.82) is 0 Å². The summed E-state index contributed by atoms with van der Waals surface area (Å²) < 4.78 is 33.2. The number of ether oxygens (including phenoxy) is 1. The third-order valence-corrected chi connectivity index (χ3v) is 8.00. The normalized spacial score (nSPS) is 14.6. The van der Waals surface area contributed by atoms with Crippen molar-refractivity contribution in [3.8, 4) is 10.4 Å². The molecule has 0 bridgehead atoms. The molecule has 1 aliphatic heterocycles. The summed E-state index contributed by atoms with van der Waals surface area (Å²) in [7, 11) is -3.75. The monoisotopic (exact) mass is 463 g/mol. The molecule has 30 heavy (non-hydrogen) atoms. The number of carbonyl (C=O) groups excluding carboxylic acids is 1. The largest absolute Gasteiger partial charge is 0.378 e. The molecule has 7 nitrogen and oxygen atoms in total. The minimum atomic E-state index is -3.75. The van der Waals surface area contributed by atoms with Crippen LogP contribution in [0.4, 0.5) is 5.13 Å². The van der Waals surface area contributed by atoms with Gasteiger partial charge in [-0.25, -0.2) is 13.4 Å². The molecule has 0 radical (unpaired) electrons. The van der Waals surface area contributed by atoms with Gasteiger partial charge in [-0.15, -0.1) is 22.7 Å². The zero-order valence-electron chi connectivity index (χ0n) is 16.3. The highest BCUT2D eigenvalue weighted by Crippen LogP contribution is 2.29. The predicted molar refractivity (Wildman–Crippen MR) is 119 cm³/mol. The molecule has 1 N–H and O–H groups in total. The van der Waals surface area contributed by atoms with Crippen LogP contribution in [0.2, 0.25) is 0 Å². The van der Waals surface area contributed by atoms with Crippen LogP contribution < -0.4 is 4.72 Å². The van der Waals surface area contributed by atoms with E-state index in [1.54, 1.807) is 45.9 Å². The average Bonchev–Trinajstić information content (AvgIpc) is 3.37. The number of carbonyl (C=O) groups is 1. The van der Waals surface area contributed by atoms with E-state index in [1.807, 2.05) is 19.1 Å². The Bertz CT molecular complexity index is 1130. The number of anilines is 1. The van der Waals surface area contributed by atoms with Gasteiger partial charge in [0.1, 0.15) is 0 Å². The van der Waals surface area contributed by atoms with Crippen molar-refractivity contribution in [1.82, 2.24) is 9.88 Å². The number of aromatic nitrogens is 1. The maximum atomic E-state index is 12.7. The average molecular weight is 464 g/mol. The van der Waals surface area contributed by atoms with Crippen molar-refractivity contribution in [2.75, 3.05) is 31.0 Å². The second-order valence-electron chi connectivity index (χ2n) is 6.85. The number of nitrogens with one attached hydrogen (secondary N) is 1. The van der Waals surface area contributed by atoms with E-state index < -0.39 is 10.0 Å². The van der Waals surface area contributed by atoms with Crippen LogP contribution in [0.1, 0.15) is 10.6 Å². The first-order valence-electron chi connectivity index (χ1n) is 9.40. The predicted octanol–water partition coefficient (Wildman–Crippen LogP) is 3.38. The quantitative estimate of drug-likeness (QED) is 0.605. The van der Waals surface area contributed by atoms with Crippen molar-refractivity contribution < 1.29 is 17.9 Å². The highest BCUT2D eigenvalue weighted by Gasteiger charge is 2.20.